The Labute approximate surface area is 136 Å². The molecule has 0 amide bonds. The van der Waals surface area contributed by atoms with Gasteiger partial charge in [-0.3, -0.25) is 9.59 Å². The van der Waals surface area contributed by atoms with Crippen LogP contribution in [0.3, 0.4) is 0 Å². The molecule has 0 bridgehead atoms. The monoisotopic (exact) mass is 316 g/mol. The van der Waals surface area contributed by atoms with Crippen molar-refractivity contribution < 1.29 is 19.4 Å². The van der Waals surface area contributed by atoms with Crippen molar-refractivity contribution >= 4 is 11.8 Å². The Hall–Kier alpha value is -1.68. The first-order chi connectivity index (χ1) is 11.0. The van der Waals surface area contributed by atoms with Crippen molar-refractivity contribution in [2.45, 2.75) is 57.2 Å². The third-order valence-electron chi connectivity index (χ3n) is 5.45. The quantitative estimate of drug-likeness (QED) is 0.922. The van der Waals surface area contributed by atoms with E-state index < -0.39 is 17.5 Å². The van der Waals surface area contributed by atoms with Gasteiger partial charge in [0.15, 0.2) is 0 Å². The number of rotatable bonds is 3. The van der Waals surface area contributed by atoms with Gasteiger partial charge >= 0.3 is 5.97 Å². The van der Waals surface area contributed by atoms with Gasteiger partial charge in [0.1, 0.15) is 5.78 Å². The van der Waals surface area contributed by atoms with Gasteiger partial charge in [0.05, 0.1) is 24.0 Å². The van der Waals surface area contributed by atoms with Crippen molar-refractivity contribution in [3.8, 4) is 0 Å². The molecule has 23 heavy (non-hydrogen) atoms. The minimum atomic E-state index is -0.915. The van der Waals surface area contributed by atoms with E-state index in [1.807, 2.05) is 37.3 Å². The van der Waals surface area contributed by atoms with E-state index in [4.69, 9.17) is 4.74 Å². The third kappa shape index (κ3) is 3.05. The molecule has 4 nitrogen and oxygen atoms in total. The molecule has 0 aromatic heterocycles. The topological polar surface area (TPSA) is 63.6 Å². The molecule has 1 aromatic rings. The molecule has 1 heterocycles. The predicted octanol–water partition coefficient (Wildman–Crippen LogP) is 3.76. The van der Waals surface area contributed by atoms with E-state index in [0.717, 1.165) is 37.7 Å². The maximum Gasteiger partial charge on any atom is 0.304 e. The van der Waals surface area contributed by atoms with Crippen molar-refractivity contribution in [1.82, 2.24) is 0 Å². The molecule has 1 spiro atoms. The highest BCUT2D eigenvalue weighted by Gasteiger charge is 2.53. The summed E-state index contributed by atoms with van der Waals surface area (Å²) in [6.45, 7) is 1.87. The zero-order valence-corrected chi connectivity index (χ0v) is 13.5. The average Bonchev–Trinajstić information content (AvgIpc) is 2.57. The first-order valence-corrected chi connectivity index (χ1v) is 8.52. The summed E-state index contributed by atoms with van der Waals surface area (Å²) in [5.74, 6) is -1.69. The Morgan fingerprint density at radius 3 is 2.48 bits per heavy atom. The number of hydrogen-bond acceptors (Lipinski definition) is 3. The minimum Gasteiger partial charge on any atom is -0.481 e. The second-order valence-electron chi connectivity index (χ2n) is 6.92. The summed E-state index contributed by atoms with van der Waals surface area (Å²) < 4.78 is 6.51. The van der Waals surface area contributed by atoms with E-state index >= 15 is 0 Å². The summed E-state index contributed by atoms with van der Waals surface area (Å²) >= 11 is 0. The van der Waals surface area contributed by atoms with Crippen LogP contribution in [-0.4, -0.2) is 22.5 Å². The number of hydrogen-bond donors (Lipinski definition) is 1. The Bertz CT molecular complexity index is 574. The largest absolute Gasteiger partial charge is 0.481 e. The van der Waals surface area contributed by atoms with Gasteiger partial charge < -0.3 is 9.84 Å². The normalized spacial score (nSPS) is 30.3. The summed E-state index contributed by atoms with van der Waals surface area (Å²) in [6, 6.07) is 9.83. The SMILES string of the molecule is C[C@@H]1C(=O)[C@@H](CC(=O)O)C2(CCCCC2)O[C@@H]1c1ccccc1. The van der Waals surface area contributed by atoms with E-state index in [-0.39, 0.29) is 24.2 Å². The number of carboxylic acids is 1. The zero-order valence-electron chi connectivity index (χ0n) is 13.5. The molecule has 2 aliphatic rings. The van der Waals surface area contributed by atoms with Crippen molar-refractivity contribution in [2.24, 2.45) is 11.8 Å². The van der Waals surface area contributed by atoms with E-state index in [1.54, 1.807) is 0 Å². The minimum absolute atomic E-state index is 0.0504. The number of aliphatic carboxylic acids is 1. The molecule has 1 N–H and O–H groups in total. The van der Waals surface area contributed by atoms with Crippen molar-refractivity contribution in [1.29, 1.82) is 0 Å². The van der Waals surface area contributed by atoms with Gasteiger partial charge in [-0.2, -0.15) is 0 Å². The fraction of sp³-hybridized carbons (Fsp3) is 0.579. The average molecular weight is 316 g/mol. The fourth-order valence-electron chi connectivity index (χ4n) is 4.24. The van der Waals surface area contributed by atoms with Crippen LogP contribution in [0.2, 0.25) is 0 Å². The molecule has 2 fully saturated rings. The van der Waals surface area contributed by atoms with Crippen LogP contribution in [-0.2, 0) is 14.3 Å². The van der Waals surface area contributed by atoms with Crippen molar-refractivity contribution in [3.05, 3.63) is 35.9 Å². The molecule has 1 aromatic carbocycles. The number of Topliss-reactive ketones (excluding diaryl/α,β-unsaturated/α-hetero) is 1. The molecule has 1 aliphatic heterocycles. The lowest BCUT2D eigenvalue weighted by molar-refractivity contribution is -0.203. The maximum atomic E-state index is 13.0. The molecule has 0 radical (unpaired) electrons. The van der Waals surface area contributed by atoms with E-state index in [9.17, 15) is 14.7 Å². The molecule has 3 atom stereocenters. The predicted molar refractivity (Wildman–Crippen MR) is 86.0 cm³/mol. The number of carbonyl (C=O) groups is 2. The van der Waals surface area contributed by atoms with Crippen LogP contribution in [0, 0.1) is 11.8 Å². The molecule has 124 valence electrons. The zero-order chi connectivity index (χ0) is 16.4. The molecular weight excluding hydrogens is 292 g/mol. The molecule has 1 aliphatic carbocycles. The van der Waals surface area contributed by atoms with E-state index in [1.165, 1.54) is 0 Å². The highest BCUT2D eigenvalue weighted by Crippen LogP contribution is 2.49. The summed E-state index contributed by atoms with van der Waals surface area (Å²) in [5.41, 5.74) is 0.410. The second-order valence-corrected chi connectivity index (χ2v) is 6.92. The van der Waals surface area contributed by atoms with Crippen molar-refractivity contribution in [2.75, 3.05) is 0 Å². The Morgan fingerprint density at radius 1 is 1.22 bits per heavy atom. The molecule has 1 saturated heterocycles. The summed E-state index contributed by atoms with van der Waals surface area (Å²) in [6.07, 6.45) is 4.31. The van der Waals surface area contributed by atoms with Gasteiger partial charge in [0, 0.05) is 5.92 Å². The lowest BCUT2D eigenvalue weighted by Crippen LogP contribution is -2.54. The van der Waals surface area contributed by atoms with Crippen LogP contribution in [0.5, 0.6) is 0 Å². The summed E-state index contributed by atoms with van der Waals surface area (Å²) in [5, 5.41) is 9.26. The Morgan fingerprint density at radius 2 is 1.87 bits per heavy atom. The number of carbonyl (C=O) groups excluding carboxylic acids is 1. The lowest BCUT2D eigenvalue weighted by atomic mass is 9.67. The van der Waals surface area contributed by atoms with Crippen LogP contribution in [0.1, 0.15) is 57.1 Å². The molecule has 3 rings (SSSR count). The second kappa shape index (κ2) is 6.44. The van der Waals surface area contributed by atoms with Gasteiger partial charge in [0.25, 0.3) is 0 Å². The fourth-order valence-corrected chi connectivity index (χ4v) is 4.24. The lowest BCUT2D eigenvalue weighted by Gasteiger charge is -2.50. The number of benzene rings is 1. The first-order valence-electron chi connectivity index (χ1n) is 8.52. The van der Waals surface area contributed by atoms with Gasteiger partial charge in [-0.1, -0.05) is 56.5 Å². The smallest absolute Gasteiger partial charge is 0.304 e. The molecule has 1 saturated carbocycles. The number of ether oxygens (including phenoxy) is 1. The third-order valence-corrected chi connectivity index (χ3v) is 5.45. The first kappa shape index (κ1) is 16.2. The van der Waals surface area contributed by atoms with Crippen molar-refractivity contribution in [3.63, 3.8) is 0 Å². The summed E-state index contributed by atoms with van der Waals surface area (Å²) in [7, 11) is 0. The van der Waals surface area contributed by atoms with Gasteiger partial charge in [0.2, 0.25) is 0 Å². The number of ketones is 1. The Kier molecular flexibility index (Phi) is 4.53. The van der Waals surface area contributed by atoms with Crippen LogP contribution in [0.25, 0.3) is 0 Å². The number of carboxylic acid groups (broad SMARTS) is 1. The molecular formula is C19H24O4. The van der Waals surface area contributed by atoms with Gasteiger partial charge in [-0.25, -0.2) is 0 Å². The molecule has 0 unspecified atom stereocenters. The highest BCUT2D eigenvalue weighted by molar-refractivity contribution is 5.89. The van der Waals surface area contributed by atoms with Gasteiger partial charge in [-0.05, 0) is 18.4 Å². The maximum absolute atomic E-state index is 13.0. The van der Waals surface area contributed by atoms with Crippen LogP contribution >= 0.6 is 0 Å². The van der Waals surface area contributed by atoms with Crippen LogP contribution in [0.4, 0.5) is 0 Å². The summed E-state index contributed by atoms with van der Waals surface area (Å²) in [4.78, 5) is 24.3. The van der Waals surface area contributed by atoms with E-state index in [0.29, 0.717) is 0 Å². The van der Waals surface area contributed by atoms with E-state index in [2.05, 4.69) is 0 Å². The van der Waals surface area contributed by atoms with Crippen LogP contribution in [0.15, 0.2) is 30.3 Å². The van der Waals surface area contributed by atoms with Gasteiger partial charge in [-0.15, -0.1) is 0 Å². The standard InChI is InChI=1S/C19H24O4/c1-13-17(22)15(12-16(20)21)19(10-6-3-7-11-19)23-18(13)14-8-4-2-5-9-14/h2,4-5,8-9,13,15,18H,3,6-7,10-12H2,1H3,(H,20,21)/t13-,15-,18+/m1/s1. The molecule has 4 heteroatoms. The van der Waals surface area contributed by atoms with Crippen LogP contribution < -0.4 is 0 Å². The highest BCUT2D eigenvalue weighted by atomic mass is 16.5. The Balaban J connectivity index is 1.96.